The zero-order valence-electron chi connectivity index (χ0n) is 11.8. The van der Waals surface area contributed by atoms with E-state index in [2.05, 4.69) is 4.90 Å². The van der Waals surface area contributed by atoms with Crippen LogP contribution in [0, 0.1) is 0 Å². The SMILES string of the molecule is COc1ccc(OCCN2CCCCC2)c(C(=O)O)c1. The molecule has 2 rings (SSSR count). The van der Waals surface area contributed by atoms with E-state index in [1.165, 1.54) is 32.4 Å². The molecule has 0 saturated carbocycles. The monoisotopic (exact) mass is 279 g/mol. The van der Waals surface area contributed by atoms with Gasteiger partial charge in [-0.3, -0.25) is 4.90 Å². The number of nitrogens with zero attached hydrogens (tertiary/aromatic N) is 1. The third kappa shape index (κ3) is 3.87. The van der Waals surface area contributed by atoms with E-state index < -0.39 is 5.97 Å². The quantitative estimate of drug-likeness (QED) is 0.865. The normalized spacial score (nSPS) is 15.8. The first-order valence-corrected chi connectivity index (χ1v) is 6.97. The Bertz CT molecular complexity index is 455. The maximum Gasteiger partial charge on any atom is 0.339 e. The van der Waals surface area contributed by atoms with Gasteiger partial charge in [-0.05, 0) is 44.1 Å². The van der Waals surface area contributed by atoms with Gasteiger partial charge in [-0.2, -0.15) is 0 Å². The lowest BCUT2D eigenvalue weighted by Gasteiger charge is -2.26. The van der Waals surface area contributed by atoms with Crippen LogP contribution in [0.15, 0.2) is 18.2 Å². The predicted octanol–water partition coefficient (Wildman–Crippen LogP) is 2.26. The van der Waals surface area contributed by atoms with Crippen molar-refractivity contribution >= 4 is 5.97 Å². The Morgan fingerprint density at radius 3 is 2.70 bits per heavy atom. The molecule has 0 amide bonds. The van der Waals surface area contributed by atoms with Gasteiger partial charge in [0.25, 0.3) is 0 Å². The van der Waals surface area contributed by atoms with Crippen molar-refractivity contribution in [3.05, 3.63) is 23.8 Å². The molecule has 1 aromatic rings. The number of carboxylic acid groups (broad SMARTS) is 1. The van der Waals surface area contributed by atoms with Crippen molar-refractivity contribution in [3.63, 3.8) is 0 Å². The van der Waals surface area contributed by atoms with Crippen LogP contribution in [0.3, 0.4) is 0 Å². The molecule has 0 bridgehead atoms. The number of rotatable bonds is 6. The van der Waals surface area contributed by atoms with E-state index in [0.29, 0.717) is 18.1 Å². The summed E-state index contributed by atoms with van der Waals surface area (Å²) in [6, 6.07) is 4.85. The molecule has 1 fully saturated rings. The second-order valence-electron chi connectivity index (χ2n) is 4.92. The van der Waals surface area contributed by atoms with Crippen molar-refractivity contribution < 1.29 is 19.4 Å². The molecule has 0 aromatic heterocycles. The Morgan fingerprint density at radius 1 is 1.30 bits per heavy atom. The van der Waals surface area contributed by atoms with Crippen LogP contribution in [-0.4, -0.2) is 49.3 Å². The zero-order chi connectivity index (χ0) is 14.4. The van der Waals surface area contributed by atoms with Gasteiger partial charge in [-0.1, -0.05) is 6.42 Å². The van der Waals surface area contributed by atoms with E-state index in [1.54, 1.807) is 12.1 Å². The number of carboxylic acids is 1. The van der Waals surface area contributed by atoms with Gasteiger partial charge in [0.2, 0.25) is 0 Å². The average molecular weight is 279 g/mol. The van der Waals surface area contributed by atoms with Crippen LogP contribution in [0.1, 0.15) is 29.6 Å². The second kappa shape index (κ2) is 7.14. The number of ether oxygens (including phenoxy) is 2. The van der Waals surface area contributed by atoms with Crippen LogP contribution in [-0.2, 0) is 0 Å². The molecule has 1 aliphatic heterocycles. The van der Waals surface area contributed by atoms with Gasteiger partial charge >= 0.3 is 5.97 Å². The molecule has 20 heavy (non-hydrogen) atoms. The fraction of sp³-hybridized carbons (Fsp3) is 0.533. The number of methoxy groups -OCH3 is 1. The molecule has 5 nitrogen and oxygen atoms in total. The zero-order valence-corrected chi connectivity index (χ0v) is 11.8. The molecule has 5 heteroatoms. The van der Waals surface area contributed by atoms with E-state index in [0.717, 1.165) is 19.6 Å². The van der Waals surface area contributed by atoms with E-state index in [-0.39, 0.29) is 5.56 Å². The van der Waals surface area contributed by atoms with E-state index in [9.17, 15) is 9.90 Å². The summed E-state index contributed by atoms with van der Waals surface area (Å²) in [6.07, 6.45) is 3.78. The highest BCUT2D eigenvalue weighted by molar-refractivity contribution is 5.91. The highest BCUT2D eigenvalue weighted by Crippen LogP contribution is 2.24. The smallest absolute Gasteiger partial charge is 0.339 e. The summed E-state index contributed by atoms with van der Waals surface area (Å²) in [5.74, 6) is -0.0852. The Morgan fingerprint density at radius 2 is 2.05 bits per heavy atom. The predicted molar refractivity (Wildman–Crippen MR) is 75.7 cm³/mol. The molecule has 0 spiro atoms. The minimum atomic E-state index is -1.00. The summed E-state index contributed by atoms with van der Waals surface area (Å²) < 4.78 is 10.7. The Kier molecular flexibility index (Phi) is 5.24. The van der Waals surface area contributed by atoms with Crippen LogP contribution < -0.4 is 9.47 Å². The molecule has 1 saturated heterocycles. The van der Waals surface area contributed by atoms with Crippen LogP contribution in [0.5, 0.6) is 11.5 Å². The summed E-state index contributed by atoms with van der Waals surface area (Å²) in [5.41, 5.74) is 0.142. The number of likely N-dealkylation sites (tertiary alicyclic amines) is 1. The van der Waals surface area contributed by atoms with Crippen molar-refractivity contribution in [1.82, 2.24) is 4.90 Å². The first kappa shape index (κ1) is 14.7. The average Bonchev–Trinajstić information content (AvgIpc) is 2.48. The van der Waals surface area contributed by atoms with Gasteiger partial charge in [-0.25, -0.2) is 4.79 Å². The number of carbonyl (C=O) groups is 1. The maximum atomic E-state index is 11.2. The molecule has 0 radical (unpaired) electrons. The van der Waals surface area contributed by atoms with Crippen molar-refractivity contribution in [2.45, 2.75) is 19.3 Å². The molecular formula is C15H21NO4. The lowest BCUT2D eigenvalue weighted by molar-refractivity contribution is 0.0691. The van der Waals surface area contributed by atoms with Crippen molar-refractivity contribution in [1.29, 1.82) is 0 Å². The standard InChI is InChI=1S/C15H21NO4/c1-19-12-5-6-14(13(11-12)15(17)18)20-10-9-16-7-3-2-4-8-16/h5-6,11H,2-4,7-10H2,1H3,(H,17,18). The fourth-order valence-corrected chi connectivity index (χ4v) is 2.40. The molecule has 0 atom stereocenters. The summed E-state index contributed by atoms with van der Waals surface area (Å²) >= 11 is 0. The van der Waals surface area contributed by atoms with Gasteiger partial charge in [-0.15, -0.1) is 0 Å². The molecule has 0 unspecified atom stereocenters. The second-order valence-corrected chi connectivity index (χ2v) is 4.92. The lowest BCUT2D eigenvalue weighted by Crippen LogP contribution is -2.33. The first-order valence-electron chi connectivity index (χ1n) is 6.97. The van der Waals surface area contributed by atoms with Crippen LogP contribution >= 0.6 is 0 Å². The third-order valence-electron chi connectivity index (χ3n) is 3.53. The van der Waals surface area contributed by atoms with Crippen LogP contribution in [0.2, 0.25) is 0 Å². The summed E-state index contributed by atoms with van der Waals surface area (Å²) in [7, 11) is 1.51. The van der Waals surface area contributed by atoms with Gasteiger partial charge in [0.15, 0.2) is 0 Å². The molecule has 1 heterocycles. The number of hydrogen-bond donors (Lipinski definition) is 1. The van der Waals surface area contributed by atoms with Crippen molar-refractivity contribution in [3.8, 4) is 11.5 Å². The molecule has 0 aliphatic carbocycles. The molecule has 1 aromatic carbocycles. The van der Waals surface area contributed by atoms with E-state index in [4.69, 9.17) is 9.47 Å². The first-order chi connectivity index (χ1) is 9.70. The summed E-state index contributed by atoms with van der Waals surface area (Å²) in [6.45, 7) is 3.56. The minimum Gasteiger partial charge on any atom is -0.497 e. The van der Waals surface area contributed by atoms with Gasteiger partial charge < -0.3 is 14.6 Å². The fourth-order valence-electron chi connectivity index (χ4n) is 2.40. The Labute approximate surface area is 119 Å². The highest BCUT2D eigenvalue weighted by atomic mass is 16.5. The maximum absolute atomic E-state index is 11.2. The van der Waals surface area contributed by atoms with Gasteiger partial charge in [0.1, 0.15) is 23.7 Å². The highest BCUT2D eigenvalue weighted by Gasteiger charge is 2.14. The Hall–Kier alpha value is -1.75. The van der Waals surface area contributed by atoms with E-state index >= 15 is 0 Å². The molecule has 1 aliphatic rings. The summed E-state index contributed by atoms with van der Waals surface area (Å²) in [5, 5.41) is 9.19. The van der Waals surface area contributed by atoms with Gasteiger partial charge in [0.05, 0.1) is 7.11 Å². The topological polar surface area (TPSA) is 59.0 Å². The number of benzene rings is 1. The van der Waals surface area contributed by atoms with E-state index in [1.807, 2.05) is 0 Å². The number of aromatic carboxylic acids is 1. The molecular weight excluding hydrogens is 258 g/mol. The summed E-state index contributed by atoms with van der Waals surface area (Å²) in [4.78, 5) is 13.6. The van der Waals surface area contributed by atoms with Crippen LogP contribution in [0.25, 0.3) is 0 Å². The van der Waals surface area contributed by atoms with Crippen molar-refractivity contribution in [2.24, 2.45) is 0 Å². The molecule has 110 valence electrons. The van der Waals surface area contributed by atoms with Crippen LogP contribution in [0.4, 0.5) is 0 Å². The number of piperidine rings is 1. The Balaban J connectivity index is 1.92. The lowest BCUT2D eigenvalue weighted by atomic mass is 10.1. The van der Waals surface area contributed by atoms with Gasteiger partial charge in [0, 0.05) is 6.54 Å². The van der Waals surface area contributed by atoms with Crippen molar-refractivity contribution in [2.75, 3.05) is 33.4 Å². The largest absolute Gasteiger partial charge is 0.497 e. The molecule has 1 N–H and O–H groups in total. The third-order valence-corrected chi connectivity index (χ3v) is 3.53. The minimum absolute atomic E-state index is 0.142. The number of hydrogen-bond acceptors (Lipinski definition) is 4.